The van der Waals surface area contributed by atoms with E-state index >= 15 is 0 Å². The monoisotopic (exact) mass is 272 g/mol. The van der Waals surface area contributed by atoms with Gasteiger partial charge in [-0.1, -0.05) is 24.9 Å². The van der Waals surface area contributed by atoms with Crippen molar-refractivity contribution in [3.63, 3.8) is 0 Å². The zero-order chi connectivity index (χ0) is 12.3. The molecule has 4 heteroatoms. The molecule has 0 atom stereocenters. The van der Waals surface area contributed by atoms with Gasteiger partial charge in [0.25, 0.3) is 0 Å². The highest BCUT2D eigenvalue weighted by Gasteiger charge is 2.20. The molecule has 2 nitrogen and oxygen atoms in total. The highest BCUT2D eigenvalue weighted by atomic mass is 35.5. The van der Waals surface area contributed by atoms with Crippen molar-refractivity contribution in [3.8, 4) is 0 Å². The van der Waals surface area contributed by atoms with Gasteiger partial charge in [0.05, 0.1) is 5.02 Å². The molecule has 2 rings (SSSR count). The van der Waals surface area contributed by atoms with Gasteiger partial charge < -0.3 is 4.90 Å². The number of pyridine rings is 1. The Labute approximate surface area is 113 Å². The summed E-state index contributed by atoms with van der Waals surface area (Å²) in [7, 11) is 0. The predicted molar refractivity (Wildman–Crippen MR) is 74.0 cm³/mol. The van der Waals surface area contributed by atoms with Gasteiger partial charge in [-0.25, -0.2) is 4.98 Å². The Morgan fingerprint density at radius 1 is 1.41 bits per heavy atom. The minimum absolute atomic E-state index is 0.463. The summed E-state index contributed by atoms with van der Waals surface area (Å²) in [6.07, 6.45) is 5.58. The molecule has 0 radical (unpaired) electrons. The topological polar surface area (TPSA) is 16.1 Å². The number of halogens is 2. The van der Waals surface area contributed by atoms with Crippen LogP contribution in [0.25, 0.3) is 0 Å². The number of nitrogens with zero attached hydrogens (tertiary/aromatic N) is 2. The number of hydrogen-bond acceptors (Lipinski definition) is 2. The molecule has 17 heavy (non-hydrogen) atoms. The van der Waals surface area contributed by atoms with E-state index in [1.54, 1.807) is 0 Å². The quantitative estimate of drug-likeness (QED) is 0.771. The molecule has 94 valence electrons. The number of aromatic nitrogens is 1. The fourth-order valence-electron chi connectivity index (χ4n) is 2.33. The van der Waals surface area contributed by atoms with E-state index in [-0.39, 0.29) is 0 Å². The Morgan fingerprint density at radius 2 is 2.12 bits per heavy atom. The molecule has 2 heterocycles. The van der Waals surface area contributed by atoms with Crippen molar-refractivity contribution in [2.75, 3.05) is 18.0 Å². The van der Waals surface area contributed by atoms with Crippen LogP contribution in [0.3, 0.4) is 0 Å². The van der Waals surface area contributed by atoms with E-state index in [9.17, 15) is 0 Å². The smallest absolute Gasteiger partial charge is 0.147 e. The Hall–Kier alpha value is -0.470. The van der Waals surface area contributed by atoms with Crippen LogP contribution in [0.5, 0.6) is 0 Å². The maximum Gasteiger partial charge on any atom is 0.147 e. The summed E-state index contributed by atoms with van der Waals surface area (Å²) in [5.74, 6) is 2.24. The van der Waals surface area contributed by atoms with Gasteiger partial charge in [0, 0.05) is 25.2 Å². The highest BCUT2D eigenvalue weighted by molar-refractivity contribution is 6.33. The maximum absolute atomic E-state index is 6.25. The van der Waals surface area contributed by atoms with Crippen LogP contribution in [0.4, 0.5) is 5.82 Å². The summed E-state index contributed by atoms with van der Waals surface area (Å²) >= 11 is 12.0. The summed E-state index contributed by atoms with van der Waals surface area (Å²) in [5, 5.41) is 0.720. The van der Waals surface area contributed by atoms with Crippen molar-refractivity contribution in [1.82, 2.24) is 4.98 Å². The summed E-state index contributed by atoms with van der Waals surface area (Å²) in [5.41, 5.74) is 0.976. The van der Waals surface area contributed by atoms with E-state index in [1.165, 1.54) is 19.3 Å². The zero-order valence-electron chi connectivity index (χ0n) is 10.1. The molecular formula is C13H18Cl2N2. The molecule has 0 bridgehead atoms. The first-order chi connectivity index (χ1) is 8.24. The third-order valence-corrected chi connectivity index (χ3v) is 4.11. The molecule has 0 N–H and O–H groups in total. The first-order valence-electron chi connectivity index (χ1n) is 6.20. The van der Waals surface area contributed by atoms with Crippen LogP contribution >= 0.6 is 23.2 Å². The number of hydrogen-bond donors (Lipinski definition) is 0. The van der Waals surface area contributed by atoms with E-state index < -0.39 is 0 Å². The highest BCUT2D eigenvalue weighted by Crippen LogP contribution is 2.29. The van der Waals surface area contributed by atoms with Crippen LogP contribution in [0.2, 0.25) is 5.02 Å². The average molecular weight is 273 g/mol. The molecule has 0 unspecified atom stereocenters. The van der Waals surface area contributed by atoms with Crippen LogP contribution in [-0.2, 0) is 5.88 Å². The van der Waals surface area contributed by atoms with E-state index in [2.05, 4.69) is 16.8 Å². The van der Waals surface area contributed by atoms with Gasteiger partial charge in [-0.3, -0.25) is 0 Å². The van der Waals surface area contributed by atoms with Crippen molar-refractivity contribution in [1.29, 1.82) is 0 Å². The molecule has 0 amide bonds. The predicted octanol–water partition coefficient (Wildman–Crippen LogP) is 4.10. The van der Waals surface area contributed by atoms with Gasteiger partial charge in [-0.2, -0.15) is 0 Å². The summed E-state index contributed by atoms with van der Waals surface area (Å²) in [4.78, 5) is 6.72. The second kappa shape index (κ2) is 5.92. The van der Waals surface area contributed by atoms with Crippen LogP contribution < -0.4 is 4.90 Å². The van der Waals surface area contributed by atoms with E-state index in [4.69, 9.17) is 23.2 Å². The lowest BCUT2D eigenvalue weighted by Crippen LogP contribution is -2.34. The Bertz CT molecular complexity index is 374. The van der Waals surface area contributed by atoms with Gasteiger partial charge in [-0.05, 0) is 30.4 Å². The van der Waals surface area contributed by atoms with Crippen molar-refractivity contribution in [2.45, 2.75) is 32.1 Å². The first-order valence-corrected chi connectivity index (χ1v) is 7.11. The standard InChI is InChI=1S/C13H18Cl2N2/c1-2-10-3-5-17(6-4-10)13-12(15)7-11(8-14)9-16-13/h7,9-10H,2-6,8H2,1H3. The van der Waals surface area contributed by atoms with Crippen LogP contribution in [-0.4, -0.2) is 18.1 Å². The fraction of sp³-hybridized carbons (Fsp3) is 0.615. The normalized spacial score (nSPS) is 17.5. The molecule has 0 spiro atoms. The number of alkyl halides is 1. The third kappa shape index (κ3) is 3.05. The first kappa shape index (κ1) is 13.0. The number of rotatable bonds is 3. The molecule has 1 fully saturated rings. The number of piperidine rings is 1. The van der Waals surface area contributed by atoms with Crippen molar-refractivity contribution < 1.29 is 0 Å². The van der Waals surface area contributed by atoms with Crippen molar-refractivity contribution >= 4 is 29.0 Å². The lowest BCUT2D eigenvalue weighted by molar-refractivity contribution is 0.394. The Balaban J connectivity index is 2.08. The number of anilines is 1. The molecule has 1 aliphatic rings. The Kier molecular flexibility index (Phi) is 4.52. The van der Waals surface area contributed by atoms with Crippen LogP contribution in [0.1, 0.15) is 31.7 Å². The maximum atomic E-state index is 6.25. The summed E-state index contributed by atoms with van der Waals surface area (Å²) in [6.45, 7) is 4.39. The second-order valence-corrected chi connectivity index (χ2v) is 5.30. The van der Waals surface area contributed by atoms with Gasteiger partial charge >= 0.3 is 0 Å². The van der Waals surface area contributed by atoms with Crippen LogP contribution in [0.15, 0.2) is 12.3 Å². The molecule has 1 aromatic rings. The van der Waals surface area contributed by atoms with E-state index in [0.717, 1.165) is 35.4 Å². The molecule has 0 aromatic carbocycles. The largest absolute Gasteiger partial charge is 0.355 e. The van der Waals surface area contributed by atoms with E-state index in [0.29, 0.717) is 5.88 Å². The van der Waals surface area contributed by atoms with Crippen molar-refractivity contribution in [2.24, 2.45) is 5.92 Å². The average Bonchev–Trinajstić information content (AvgIpc) is 2.39. The molecule has 1 aromatic heterocycles. The Morgan fingerprint density at radius 3 is 2.65 bits per heavy atom. The van der Waals surface area contributed by atoms with Gasteiger partial charge in [0.1, 0.15) is 5.82 Å². The summed E-state index contributed by atoms with van der Waals surface area (Å²) in [6, 6.07) is 1.92. The second-order valence-electron chi connectivity index (χ2n) is 4.62. The van der Waals surface area contributed by atoms with Crippen LogP contribution in [0, 0.1) is 5.92 Å². The molecule has 1 aliphatic heterocycles. The minimum Gasteiger partial charge on any atom is -0.355 e. The molecule has 0 saturated carbocycles. The third-order valence-electron chi connectivity index (χ3n) is 3.52. The van der Waals surface area contributed by atoms with Crippen molar-refractivity contribution in [3.05, 3.63) is 22.8 Å². The lowest BCUT2D eigenvalue weighted by Gasteiger charge is -2.32. The fourth-order valence-corrected chi connectivity index (χ4v) is 2.78. The minimum atomic E-state index is 0.463. The SMILES string of the molecule is CCC1CCN(c2ncc(CCl)cc2Cl)CC1. The molecule has 0 aliphatic carbocycles. The van der Waals surface area contributed by atoms with Gasteiger partial charge in [-0.15, -0.1) is 11.6 Å². The zero-order valence-corrected chi connectivity index (χ0v) is 11.6. The van der Waals surface area contributed by atoms with Gasteiger partial charge in [0.15, 0.2) is 0 Å². The summed E-state index contributed by atoms with van der Waals surface area (Å²) < 4.78 is 0. The molecular weight excluding hydrogens is 255 g/mol. The lowest BCUT2D eigenvalue weighted by atomic mass is 9.94. The van der Waals surface area contributed by atoms with Gasteiger partial charge in [0.2, 0.25) is 0 Å². The molecule has 1 saturated heterocycles. The van der Waals surface area contributed by atoms with E-state index in [1.807, 2.05) is 12.3 Å².